The van der Waals surface area contributed by atoms with Gasteiger partial charge in [-0.3, -0.25) is 14.9 Å². The number of nitrogens with one attached hydrogen (secondary N) is 1. The molecule has 6 heteroatoms. The second-order valence-electron chi connectivity index (χ2n) is 3.67. The van der Waals surface area contributed by atoms with Crippen molar-refractivity contribution in [1.82, 2.24) is 5.32 Å². The van der Waals surface area contributed by atoms with Crippen LogP contribution in [0.1, 0.15) is 18.4 Å². The van der Waals surface area contributed by atoms with Gasteiger partial charge in [-0.15, -0.1) is 0 Å². The van der Waals surface area contributed by atoms with E-state index in [2.05, 4.69) is 5.32 Å². The number of hydrogen-bond donors (Lipinski definition) is 2. The van der Waals surface area contributed by atoms with Crippen molar-refractivity contribution in [2.75, 3.05) is 6.54 Å². The van der Waals surface area contributed by atoms with Crippen LogP contribution in [0.5, 0.6) is 0 Å². The summed E-state index contributed by atoms with van der Waals surface area (Å²) in [6.45, 7) is 1.20. The highest BCUT2D eigenvalue weighted by Crippen LogP contribution is 2.12. The quantitative estimate of drug-likeness (QED) is 0.419. The van der Waals surface area contributed by atoms with Gasteiger partial charge in [0.05, 0.1) is 4.92 Å². The predicted molar refractivity (Wildman–Crippen MR) is 63.2 cm³/mol. The molecule has 0 spiro atoms. The molecule has 0 heterocycles. The number of nitrogens with two attached hydrogens (primary N) is 1. The lowest BCUT2D eigenvalue weighted by Gasteiger charge is -2.03. The Morgan fingerprint density at radius 2 is 2.24 bits per heavy atom. The number of amides is 1. The fourth-order valence-electron chi connectivity index (χ4n) is 1.40. The molecule has 6 nitrogen and oxygen atoms in total. The lowest BCUT2D eigenvalue weighted by atomic mass is 10.2. The number of nitro groups is 1. The van der Waals surface area contributed by atoms with E-state index in [4.69, 9.17) is 5.73 Å². The zero-order chi connectivity index (χ0) is 12.7. The first-order valence-corrected chi connectivity index (χ1v) is 5.32. The van der Waals surface area contributed by atoms with Crippen molar-refractivity contribution in [2.24, 2.45) is 5.73 Å². The van der Waals surface area contributed by atoms with Crippen LogP contribution >= 0.6 is 0 Å². The van der Waals surface area contributed by atoms with Crippen molar-refractivity contribution < 1.29 is 9.72 Å². The van der Waals surface area contributed by atoms with Crippen LogP contribution in [0.3, 0.4) is 0 Å². The van der Waals surface area contributed by atoms with Crippen molar-refractivity contribution in [3.63, 3.8) is 0 Å². The molecule has 0 aliphatic heterocycles. The van der Waals surface area contributed by atoms with Gasteiger partial charge in [0.15, 0.2) is 0 Å². The number of non-ortho nitro benzene ring substituents is 1. The van der Waals surface area contributed by atoms with Gasteiger partial charge >= 0.3 is 0 Å². The zero-order valence-corrected chi connectivity index (χ0v) is 9.39. The molecule has 0 saturated carbocycles. The molecule has 1 rings (SSSR count). The first kappa shape index (κ1) is 13.1. The average molecular weight is 237 g/mol. The summed E-state index contributed by atoms with van der Waals surface area (Å²) in [5, 5.41) is 13.6. The van der Waals surface area contributed by atoms with Gasteiger partial charge in [0.2, 0.25) is 5.91 Å². The Morgan fingerprint density at radius 3 is 2.88 bits per heavy atom. The summed E-state index contributed by atoms with van der Waals surface area (Å²) in [7, 11) is 0. The summed E-state index contributed by atoms with van der Waals surface area (Å²) in [6.07, 6.45) is 1.02. The van der Waals surface area contributed by atoms with Crippen molar-refractivity contribution in [1.29, 1.82) is 0 Å². The maximum Gasteiger partial charge on any atom is 0.269 e. The Hall–Kier alpha value is -1.95. The summed E-state index contributed by atoms with van der Waals surface area (Å²) >= 11 is 0. The number of nitrogens with zero attached hydrogens (tertiary/aromatic N) is 1. The summed E-state index contributed by atoms with van der Waals surface area (Å²) in [6, 6.07) is 6.45. The molecular formula is C11H15N3O3. The third-order valence-electron chi connectivity index (χ3n) is 2.23. The molecule has 0 aromatic heterocycles. The van der Waals surface area contributed by atoms with E-state index < -0.39 is 4.92 Å². The fourth-order valence-corrected chi connectivity index (χ4v) is 1.40. The van der Waals surface area contributed by atoms with E-state index in [0.29, 0.717) is 25.9 Å². The minimum atomic E-state index is -0.420. The number of carbonyl (C=O) groups is 1. The minimum Gasteiger partial charge on any atom is -0.370 e. The van der Waals surface area contributed by atoms with Crippen LogP contribution < -0.4 is 11.1 Å². The predicted octanol–water partition coefficient (Wildman–Crippen LogP) is 0.950. The third kappa shape index (κ3) is 5.07. The monoisotopic (exact) mass is 237 g/mol. The molecule has 3 N–H and O–H groups in total. The van der Waals surface area contributed by atoms with E-state index in [0.717, 1.165) is 5.56 Å². The number of rotatable bonds is 7. The minimum absolute atomic E-state index is 0.0847. The SMILES string of the molecule is NC(=O)CCCNCc1cccc([N+](=O)[O-])c1. The smallest absolute Gasteiger partial charge is 0.269 e. The van der Waals surface area contributed by atoms with Crippen molar-refractivity contribution in [3.8, 4) is 0 Å². The summed E-state index contributed by atoms with van der Waals surface area (Å²) in [5.74, 6) is -0.317. The fraction of sp³-hybridized carbons (Fsp3) is 0.364. The zero-order valence-electron chi connectivity index (χ0n) is 9.39. The number of hydrogen-bond acceptors (Lipinski definition) is 4. The highest BCUT2D eigenvalue weighted by molar-refractivity contribution is 5.73. The molecule has 0 aliphatic rings. The van der Waals surface area contributed by atoms with E-state index in [-0.39, 0.29) is 11.6 Å². The Kier molecular flexibility index (Phi) is 5.09. The molecular weight excluding hydrogens is 222 g/mol. The molecule has 0 unspecified atom stereocenters. The van der Waals surface area contributed by atoms with Crippen LogP contribution in [0.2, 0.25) is 0 Å². The normalized spacial score (nSPS) is 10.1. The first-order valence-electron chi connectivity index (χ1n) is 5.32. The molecule has 0 aliphatic carbocycles. The summed E-state index contributed by atoms with van der Waals surface area (Å²) in [5.41, 5.74) is 5.93. The van der Waals surface area contributed by atoms with E-state index >= 15 is 0 Å². The average Bonchev–Trinajstić information content (AvgIpc) is 2.28. The largest absolute Gasteiger partial charge is 0.370 e. The van der Waals surface area contributed by atoms with E-state index in [1.54, 1.807) is 6.07 Å². The number of primary amides is 1. The molecule has 92 valence electrons. The van der Waals surface area contributed by atoms with E-state index in [1.165, 1.54) is 12.1 Å². The Bertz CT molecular complexity index is 407. The maximum atomic E-state index is 10.5. The second-order valence-corrected chi connectivity index (χ2v) is 3.67. The van der Waals surface area contributed by atoms with Crippen LogP contribution in [0.15, 0.2) is 24.3 Å². The lowest BCUT2D eigenvalue weighted by molar-refractivity contribution is -0.384. The third-order valence-corrected chi connectivity index (χ3v) is 2.23. The molecule has 1 amide bonds. The first-order chi connectivity index (χ1) is 8.09. The molecule has 17 heavy (non-hydrogen) atoms. The molecule has 0 bridgehead atoms. The van der Waals surface area contributed by atoms with Crippen molar-refractivity contribution in [3.05, 3.63) is 39.9 Å². The van der Waals surface area contributed by atoms with Gasteiger partial charge < -0.3 is 11.1 Å². The van der Waals surface area contributed by atoms with Crippen LogP contribution in [0, 0.1) is 10.1 Å². The van der Waals surface area contributed by atoms with Crippen LogP contribution in [0.4, 0.5) is 5.69 Å². The maximum absolute atomic E-state index is 10.5. The number of carbonyl (C=O) groups excluding carboxylic acids is 1. The highest BCUT2D eigenvalue weighted by atomic mass is 16.6. The summed E-state index contributed by atoms with van der Waals surface area (Å²) in [4.78, 5) is 20.6. The molecule has 0 radical (unpaired) electrons. The van der Waals surface area contributed by atoms with Gasteiger partial charge in [-0.2, -0.15) is 0 Å². The second kappa shape index (κ2) is 6.59. The molecule has 1 aromatic carbocycles. The van der Waals surface area contributed by atoms with Crippen LogP contribution in [0.25, 0.3) is 0 Å². The van der Waals surface area contributed by atoms with Gasteiger partial charge in [0.1, 0.15) is 0 Å². The van der Waals surface area contributed by atoms with Gasteiger partial charge in [0.25, 0.3) is 5.69 Å². The van der Waals surface area contributed by atoms with E-state index in [1.807, 2.05) is 6.07 Å². The van der Waals surface area contributed by atoms with Gasteiger partial charge in [-0.05, 0) is 18.5 Å². The highest BCUT2D eigenvalue weighted by Gasteiger charge is 2.04. The van der Waals surface area contributed by atoms with Crippen molar-refractivity contribution >= 4 is 11.6 Å². The number of benzene rings is 1. The molecule has 0 saturated heterocycles. The molecule has 1 aromatic rings. The topological polar surface area (TPSA) is 98.3 Å². The van der Waals surface area contributed by atoms with E-state index in [9.17, 15) is 14.9 Å². The lowest BCUT2D eigenvalue weighted by Crippen LogP contribution is -2.18. The molecule has 0 atom stereocenters. The standard InChI is InChI=1S/C11H15N3O3/c12-11(15)5-2-6-13-8-9-3-1-4-10(7-9)14(16)17/h1,3-4,7,13H,2,5-6,8H2,(H2,12,15). The number of nitro benzene ring substituents is 1. The van der Waals surface area contributed by atoms with Gasteiger partial charge in [0, 0.05) is 25.1 Å². The molecule has 0 fully saturated rings. The van der Waals surface area contributed by atoms with Crippen LogP contribution in [-0.4, -0.2) is 17.4 Å². The van der Waals surface area contributed by atoms with Crippen molar-refractivity contribution in [2.45, 2.75) is 19.4 Å². The Labute approximate surface area is 99.0 Å². The van der Waals surface area contributed by atoms with Gasteiger partial charge in [-0.1, -0.05) is 12.1 Å². The summed E-state index contributed by atoms with van der Waals surface area (Å²) < 4.78 is 0. The van der Waals surface area contributed by atoms with Crippen LogP contribution in [-0.2, 0) is 11.3 Å². The Balaban J connectivity index is 2.34. The van der Waals surface area contributed by atoms with Gasteiger partial charge in [-0.25, -0.2) is 0 Å². The Morgan fingerprint density at radius 1 is 1.47 bits per heavy atom.